The second kappa shape index (κ2) is 11.5. The molecule has 2 N–H and O–H groups in total. The first-order valence-electron chi connectivity index (χ1n) is 11.5. The molecule has 1 fully saturated rings. The molecule has 0 atom stereocenters. The van der Waals surface area contributed by atoms with Crippen LogP contribution in [0.25, 0.3) is 0 Å². The number of benzene rings is 2. The largest absolute Gasteiger partial charge is 0.383 e. The van der Waals surface area contributed by atoms with Crippen molar-refractivity contribution in [2.75, 3.05) is 38.1 Å². The summed E-state index contributed by atoms with van der Waals surface area (Å²) in [6.07, 6.45) is 1.17. The van der Waals surface area contributed by atoms with Crippen LogP contribution in [0.1, 0.15) is 48.5 Å². The maximum atomic E-state index is 13.0. The van der Waals surface area contributed by atoms with Gasteiger partial charge in [-0.2, -0.15) is 0 Å². The van der Waals surface area contributed by atoms with Crippen LogP contribution in [0.4, 0.5) is 5.69 Å². The summed E-state index contributed by atoms with van der Waals surface area (Å²) in [4.78, 5) is 27.1. The molecule has 1 saturated heterocycles. The number of sulfonamides is 1. The molecule has 0 saturated carbocycles. The molecule has 0 aliphatic carbocycles. The van der Waals surface area contributed by atoms with E-state index in [1.807, 2.05) is 13.8 Å². The average Bonchev–Trinajstić information content (AvgIpc) is 2.83. The summed E-state index contributed by atoms with van der Waals surface area (Å²) in [5.41, 5.74) is 1.78. The predicted octanol–water partition coefficient (Wildman–Crippen LogP) is 3.23. The predicted molar refractivity (Wildman–Crippen MR) is 131 cm³/mol. The van der Waals surface area contributed by atoms with Gasteiger partial charge in [-0.15, -0.1) is 0 Å². The fraction of sp³-hybridized carbons (Fsp3) is 0.440. The van der Waals surface area contributed by atoms with Gasteiger partial charge in [0.2, 0.25) is 5.91 Å². The number of rotatable bonds is 9. The van der Waals surface area contributed by atoms with Gasteiger partial charge < -0.3 is 15.0 Å². The smallest absolute Gasteiger partial charge is 0.261 e. The molecule has 2 amide bonds. The van der Waals surface area contributed by atoms with Gasteiger partial charge in [-0.3, -0.25) is 14.3 Å². The number of carbonyl (C=O) groups excluding carboxylic acids is 2. The Labute approximate surface area is 201 Å². The van der Waals surface area contributed by atoms with Gasteiger partial charge in [-0.05, 0) is 54.7 Å². The lowest BCUT2D eigenvalue weighted by Gasteiger charge is -2.31. The van der Waals surface area contributed by atoms with Crippen molar-refractivity contribution in [3.8, 4) is 0 Å². The highest BCUT2D eigenvalue weighted by Gasteiger charge is 2.28. The van der Waals surface area contributed by atoms with Crippen molar-refractivity contribution < 1.29 is 22.7 Å². The normalized spacial score (nSPS) is 14.8. The summed E-state index contributed by atoms with van der Waals surface area (Å²) >= 11 is 0. The Hall–Kier alpha value is -2.91. The SMILES string of the molecule is COCCNC(=O)C1CCN(C(=O)c2cccc(NS(=O)(=O)c3ccc(C(C)C)cc3)c2)CC1. The molecule has 1 aliphatic rings. The second-order valence-corrected chi connectivity index (χ2v) is 10.4. The minimum absolute atomic E-state index is 0.0121. The number of methoxy groups -OCH3 is 1. The van der Waals surface area contributed by atoms with Crippen LogP contribution < -0.4 is 10.0 Å². The molecule has 1 aliphatic heterocycles. The van der Waals surface area contributed by atoms with E-state index >= 15 is 0 Å². The van der Waals surface area contributed by atoms with Crippen molar-refractivity contribution >= 4 is 27.5 Å². The van der Waals surface area contributed by atoms with Crippen LogP contribution in [-0.2, 0) is 19.6 Å². The summed E-state index contributed by atoms with van der Waals surface area (Å²) in [7, 11) is -2.19. The lowest BCUT2D eigenvalue weighted by molar-refractivity contribution is -0.126. The van der Waals surface area contributed by atoms with E-state index in [4.69, 9.17) is 4.74 Å². The van der Waals surface area contributed by atoms with Crippen LogP contribution >= 0.6 is 0 Å². The number of piperidine rings is 1. The van der Waals surface area contributed by atoms with E-state index in [1.165, 1.54) is 0 Å². The average molecular weight is 488 g/mol. The second-order valence-electron chi connectivity index (χ2n) is 8.76. The summed E-state index contributed by atoms with van der Waals surface area (Å²) in [6, 6.07) is 13.3. The van der Waals surface area contributed by atoms with Crippen LogP contribution in [0.3, 0.4) is 0 Å². The Kier molecular flexibility index (Phi) is 8.68. The Balaban J connectivity index is 1.62. The molecule has 0 aromatic heterocycles. The van der Waals surface area contributed by atoms with Crippen molar-refractivity contribution in [2.24, 2.45) is 5.92 Å². The number of hydrogen-bond donors (Lipinski definition) is 2. The van der Waals surface area contributed by atoms with Crippen LogP contribution in [0, 0.1) is 5.92 Å². The van der Waals surface area contributed by atoms with Crippen LogP contribution in [-0.4, -0.2) is 58.5 Å². The van der Waals surface area contributed by atoms with Gasteiger partial charge in [0.1, 0.15) is 0 Å². The minimum Gasteiger partial charge on any atom is -0.383 e. The molecule has 3 rings (SSSR count). The van der Waals surface area contributed by atoms with Gasteiger partial charge in [0.15, 0.2) is 0 Å². The Morgan fingerprint density at radius 3 is 2.38 bits per heavy atom. The minimum atomic E-state index is -3.78. The van der Waals surface area contributed by atoms with Crippen molar-refractivity contribution in [2.45, 2.75) is 37.5 Å². The molecule has 1 heterocycles. The molecule has 8 nitrogen and oxygen atoms in total. The zero-order valence-corrected chi connectivity index (χ0v) is 20.7. The first-order valence-corrected chi connectivity index (χ1v) is 13.0. The third-order valence-electron chi connectivity index (χ3n) is 5.98. The van der Waals surface area contributed by atoms with E-state index in [0.717, 1.165) is 5.56 Å². The van der Waals surface area contributed by atoms with Crippen molar-refractivity contribution in [1.82, 2.24) is 10.2 Å². The molecule has 0 bridgehead atoms. The lowest BCUT2D eigenvalue weighted by atomic mass is 9.95. The number of nitrogens with one attached hydrogen (secondary N) is 2. The molecule has 9 heteroatoms. The van der Waals surface area contributed by atoms with E-state index in [-0.39, 0.29) is 22.6 Å². The van der Waals surface area contributed by atoms with Crippen molar-refractivity contribution in [3.63, 3.8) is 0 Å². The molecule has 0 radical (unpaired) electrons. The quantitative estimate of drug-likeness (QED) is 0.529. The molecular weight excluding hydrogens is 454 g/mol. The van der Waals surface area contributed by atoms with Gasteiger partial charge in [0.05, 0.1) is 11.5 Å². The van der Waals surface area contributed by atoms with Crippen molar-refractivity contribution in [1.29, 1.82) is 0 Å². The number of carbonyl (C=O) groups is 2. The standard InChI is InChI=1S/C25H33N3O5S/c1-18(2)19-7-9-23(10-8-19)34(31,32)27-22-6-4-5-21(17-22)25(30)28-14-11-20(12-15-28)24(29)26-13-16-33-3/h4-10,17-18,20,27H,11-16H2,1-3H3,(H,26,29). The van der Waals surface area contributed by atoms with Crippen molar-refractivity contribution in [3.05, 3.63) is 59.7 Å². The summed E-state index contributed by atoms with van der Waals surface area (Å²) in [5.74, 6) is -0.00814. The highest BCUT2D eigenvalue weighted by atomic mass is 32.2. The topological polar surface area (TPSA) is 105 Å². The Bertz CT molecular complexity index is 1090. The molecule has 2 aromatic carbocycles. The summed E-state index contributed by atoms with van der Waals surface area (Å²) in [6.45, 7) is 5.97. The number of likely N-dealkylation sites (tertiary alicyclic amines) is 1. The maximum Gasteiger partial charge on any atom is 0.261 e. The van der Waals surface area contributed by atoms with E-state index in [1.54, 1.807) is 60.5 Å². The number of ether oxygens (including phenoxy) is 1. The van der Waals surface area contributed by atoms with Crippen LogP contribution in [0.5, 0.6) is 0 Å². The number of anilines is 1. The van der Waals surface area contributed by atoms with Crippen LogP contribution in [0.2, 0.25) is 0 Å². The highest BCUT2D eigenvalue weighted by Crippen LogP contribution is 2.23. The van der Waals surface area contributed by atoms with Gasteiger partial charge >= 0.3 is 0 Å². The third kappa shape index (κ3) is 6.57. The van der Waals surface area contributed by atoms with Crippen LogP contribution in [0.15, 0.2) is 53.4 Å². The van der Waals surface area contributed by atoms with E-state index in [2.05, 4.69) is 10.0 Å². The van der Waals surface area contributed by atoms with Gasteiger partial charge in [-0.1, -0.05) is 32.0 Å². The van der Waals surface area contributed by atoms with Gasteiger partial charge in [0.25, 0.3) is 15.9 Å². The zero-order valence-electron chi connectivity index (χ0n) is 19.9. The fourth-order valence-corrected chi connectivity index (χ4v) is 4.96. The lowest BCUT2D eigenvalue weighted by Crippen LogP contribution is -2.43. The monoisotopic (exact) mass is 487 g/mol. The Morgan fingerprint density at radius 2 is 1.76 bits per heavy atom. The van der Waals surface area contributed by atoms with E-state index in [9.17, 15) is 18.0 Å². The molecule has 0 unspecified atom stereocenters. The first kappa shape index (κ1) is 25.7. The Morgan fingerprint density at radius 1 is 1.09 bits per heavy atom. The highest BCUT2D eigenvalue weighted by molar-refractivity contribution is 7.92. The van der Waals surface area contributed by atoms with Gasteiger partial charge in [0, 0.05) is 43.9 Å². The molecule has 34 heavy (non-hydrogen) atoms. The number of amides is 2. The number of hydrogen-bond acceptors (Lipinski definition) is 5. The fourth-order valence-electron chi connectivity index (χ4n) is 3.91. The molecule has 184 valence electrons. The van der Waals surface area contributed by atoms with E-state index in [0.29, 0.717) is 56.3 Å². The maximum absolute atomic E-state index is 13.0. The zero-order chi connectivity index (χ0) is 24.7. The first-order chi connectivity index (χ1) is 16.2. The third-order valence-corrected chi connectivity index (χ3v) is 7.37. The van der Waals surface area contributed by atoms with E-state index < -0.39 is 10.0 Å². The summed E-state index contributed by atoms with van der Waals surface area (Å²) in [5, 5.41) is 2.85. The molecule has 0 spiro atoms. The summed E-state index contributed by atoms with van der Waals surface area (Å²) < 4.78 is 33.1. The number of nitrogens with zero attached hydrogens (tertiary/aromatic N) is 1. The molecular formula is C25H33N3O5S. The molecule has 2 aromatic rings. The van der Waals surface area contributed by atoms with Gasteiger partial charge in [-0.25, -0.2) is 8.42 Å².